The van der Waals surface area contributed by atoms with Gasteiger partial charge in [-0.3, -0.25) is 13.8 Å². The molecule has 1 aliphatic rings. The van der Waals surface area contributed by atoms with E-state index in [4.69, 9.17) is 9.05 Å². The van der Waals surface area contributed by atoms with Gasteiger partial charge < -0.3 is 46.0 Å². The Morgan fingerprint density at radius 2 is 0.966 bits per heavy atom. The average Bonchev–Trinajstić information content (AvgIpc) is 3.21. The first kappa shape index (κ1) is 56.1. The predicted molar refractivity (Wildman–Crippen MR) is 234 cm³/mol. The fourth-order valence-electron chi connectivity index (χ4n) is 7.71. The zero-order chi connectivity index (χ0) is 43.7. The van der Waals surface area contributed by atoms with Gasteiger partial charge in [0.15, 0.2) is 0 Å². The van der Waals surface area contributed by atoms with E-state index in [-0.39, 0.29) is 6.42 Å². The molecule has 0 aliphatic heterocycles. The van der Waals surface area contributed by atoms with Crippen LogP contribution >= 0.6 is 7.82 Å². The number of nitrogens with one attached hydrogen (secondary N) is 1. The predicted octanol–water partition coefficient (Wildman–Crippen LogP) is 7.81. The summed E-state index contributed by atoms with van der Waals surface area (Å²) in [5.41, 5.74) is 0. The second kappa shape index (κ2) is 35.5. The molecule has 0 aromatic heterocycles. The van der Waals surface area contributed by atoms with Crippen LogP contribution in [-0.4, -0.2) is 108 Å². The minimum Gasteiger partial charge on any atom is -0.393 e. The molecule has 1 rings (SSSR count). The number of hydrogen-bond donors (Lipinski definition) is 9. The topological polar surface area (TPSA) is 226 Å². The zero-order valence-corrected chi connectivity index (χ0v) is 37.8. The molecule has 14 heteroatoms. The fraction of sp³-hybridized carbons (Fsp3) is 0.933. The molecule has 9 N–H and O–H groups in total. The van der Waals surface area contributed by atoms with Crippen LogP contribution in [0.4, 0.5) is 0 Å². The summed E-state index contributed by atoms with van der Waals surface area (Å²) in [5, 5.41) is 74.2. The molecule has 13 nitrogen and oxygen atoms in total. The lowest BCUT2D eigenvalue weighted by atomic mass is 9.85. The van der Waals surface area contributed by atoms with E-state index in [0.29, 0.717) is 12.8 Å². The number of phosphoric ester groups is 1. The molecule has 1 aliphatic carbocycles. The van der Waals surface area contributed by atoms with E-state index in [2.05, 4.69) is 19.2 Å². The van der Waals surface area contributed by atoms with Crippen LogP contribution in [0.3, 0.4) is 0 Å². The fourth-order valence-corrected chi connectivity index (χ4v) is 8.68. The Kier molecular flexibility index (Phi) is 33.7. The SMILES string of the molecule is CCCCCCCC/C=C/C(O)C(COP(=O)(O)OC1C(O)C(O)C(O)C(O)C1O)NC(=O)CC(O)CCCCCCCCCCCCCCCCCCCCCCC. The monoisotopic (exact) mass is 866 g/mol. The van der Waals surface area contributed by atoms with E-state index in [1.54, 1.807) is 6.08 Å². The summed E-state index contributed by atoms with van der Waals surface area (Å²) < 4.78 is 22.8. The number of carbonyl (C=O) groups excluding carboxylic acids is 1. The van der Waals surface area contributed by atoms with Crippen LogP contribution in [0, 0.1) is 0 Å². The van der Waals surface area contributed by atoms with Crippen molar-refractivity contribution in [3.05, 3.63) is 12.2 Å². The molecular weight excluding hydrogens is 777 g/mol. The molecule has 1 amide bonds. The van der Waals surface area contributed by atoms with Gasteiger partial charge in [0.1, 0.15) is 36.6 Å². The van der Waals surface area contributed by atoms with Crippen LogP contribution in [0.5, 0.6) is 0 Å². The highest BCUT2D eigenvalue weighted by Crippen LogP contribution is 2.47. The minimum absolute atomic E-state index is 0.240. The van der Waals surface area contributed by atoms with Gasteiger partial charge in [-0.05, 0) is 19.3 Å². The van der Waals surface area contributed by atoms with Gasteiger partial charge in [0.25, 0.3) is 0 Å². The highest BCUT2D eigenvalue weighted by molar-refractivity contribution is 7.47. The molecule has 59 heavy (non-hydrogen) atoms. The minimum atomic E-state index is -5.13. The van der Waals surface area contributed by atoms with E-state index in [0.717, 1.165) is 57.8 Å². The molecule has 8 atom stereocenters. The quantitative estimate of drug-likeness (QED) is 0.0164. The number of rotatable bonds is 39. The Balaban J connectivity index is 2.38. The summed E-state index contributed by atoms with van der Waals surface area (Å²) in [6.07, 6.45) is 23.4. The largest absolute Gasteiger partial charge is 0.472 e. The van der Waals surface area contributed by atoms with Crippen molar-refractivity contribution in [2.45, 2.75) is 261 Å². The average molecular weight is 866 g/mol. The Labute approximate surface area is 357 Å². The second-order valence-electron chi connectivity index (χ2n) is 17.2. The highest BCUT2D eigenvalue weighted by Gasteiger charge is 2.51. The normalized spacial score (nSPS) is 23.6. The lowest BCUT2D eigenvalue weighted by Gasteiger charge is -2.41. The maximum Gasteiger partial charge on any atom is 0.472 e. The van der Waals surface area contributed by atoms with E-state index in [1.807, 2.05) is 0 Å². The van der Waals surface area contributed by atoms with Crippen LogP contribution < -0.4 is 5.32 Å². The summed E-state index contributed by atoms with van der Waals surface area (Å²) in [5.74, 6) is -0.593. The second-order valence-corrected chi connectivity index (χ2v) is 18.6. The molecule has 8 unspecified atom stereocenters. The van der Waals surface area contributed by atoms with Crippen molar-refractivity contribution >= 4 is 13.7 Å². The van der Waals surface area contributed by atoms with Crippen molar-refractivity contribution in [3.8, 4) is 0 Å². The molecule has 0 aromatic rings. The lowest BCUT2D eigenvalue weighted by Crippen LogP contribution is -2.64. The molecule has 0 spiro atoms. The number of phosphoric acid groups is 1. The van der Waals surface area contributed by atoms with Gasteiger partial charge >= 0.3 is 7.82 Å². The van der Waals surface area contributed by atoms with Crippen LogP contribution in [0.1, 0.15) is 206 Å². The molecule has 350 valence electrons. The summed E-state index contributed by atoms with van der Waals surface area (Å²) in [7, 11) is -5.13. The van der Waals surface area contributed by atoms with Gasteiger partial charge in [0.05, 0.1) is 31.3 Å². The number of carbonyl (C=O) groups is 1. The van der Waals surface area contributed by atoms with E-state index in [1.165, 1.54) is 122 Å². The van der Waals surface area contributed by atoms with E-state index < -0.39 is 75.2 Å². The number of unbranched alkanes of at least 4 members (excludes halogenated alkanes) is 26. The smallest absolute Gasteiger partial charge is 0.393 e. The zero-order valence-electron chi connectivity index (χ0n) is 36.9. The maximum absolute atomic E-state index is 12.9. The number of aliphatic hydroxyl groups is 7. The number of hydrogen-bond acceptors (Lipinski definition) is 11. The molecule has 0 radical (unpaired) electrons. The molecule has 1 fully saturated rings. The lowest BCUT2D eigenvalue weighted by molar-refractivity contribution is -0.220. The Morgan fingerprint density at radius 1 is 0.593 bits per heavy atom. The van der Waals surface area contributed by atoms with E-state index >= 15 is 0 Å². The van der Waals surface area contributed by atoms with Gasteiger partial charge in [-0.15, -0.1) is 0 Å². The van der Waals surface area contributed by atoms with Gasteiger partial charge in [-0.2, -0.15) is 0 Å². The Morgan fingerprint density at radius 3 is 1.39 bits per heavy atom. The highest BCUT2D eigenvalue weighted by atomic mass is 31.2. The number of allylic oxidation sites excluding steroid dienone is 1. The van der Waals surface area contributed by atoms with Crippen LogP contribution in [0.25, 0.3) is 0 Å². The first-order valence-corrected chi connectivity index (χ1v) is 25.2. The van der Waals surface area contributed by atoms with Crippen LogP contribution in [-0.2, 0) is 18.4 Å². The first-order valence-electron chi connectivity index (χ1n) is 23.7. The van der Waals surface area contributed by atoms with Gasteiger partial charge in [0.2, 0.25) is 5.91 Å². The molecular formula is C45H88NO12P. The number of aliphatic hydroxyl groups excluding tert-OH is 7. The Bertz CT molecular complexity index is 1070. The van der Waals surface area contributed by atoms with Crippen molar-refractivity contribution in [2.75, 3.05) is 6.61 Å². The van der Waals surface area contributed by atoms with Crippen LogP contribution in [0.2, 0.25) is 0 Å². The summed E-state index contributed by atoms with van der Waals surface area (Å²) in [6.45, 7) is 3.69. The van der Waals surface area contributed by atoms with Crippen LogP contribution in [0.15, 0.2) is 12.2 Å². The summed E-state index contributed by atoms with van der Waals surface area (Å²) in [4.78, 5) is 23.3. The van der Waals surface area contributed by atoms with Crippen molar-refractivity contribution in [2.24, 2.45) is 0 Å². The van der Waals surface area contributed by atoms with Crippen molar-refractivity contribution in [1.29, 1.82) is 0 Å². The number of amides is 1. The van der Waals surface area contributed by atoms with Crippen molar-refractivity contribution in [3.63, 3.8) is 0 Å². The maximum atomic E-state index is 12.9. The molecule has 1 saturated carbocycles. The van der Waals surface area contributed by atoms with E-state index in [9.17, 15) is 50.0 Å². The molecule has 0 aromatic carbocycles. The summed E-state index contributed by atoms with van der Waals surface area (Å²) >= 11 is 0. The molecule has 0 saturated heterocycles. The standard InChI is InChI=1S/C45H88NO12P/c1-3-5-7-9-11-13-14-15-16-17-18-19-20-21-22-23-24-25-26-28-30-32-36(47)34-39(49)46-37(38(48)33-31-29-27-12-10-8-6-4-2)35-57-59(55,56)58-45-43(53)41(51)40(50)42(52)44(45)54/h31,33,36-38,40-45,47-48,50-54H,3-30,32,34-35H2,1-2H3,(H,46,49)(H,55,56)/b33-31+. The molecule has 0 heterocycles. The van der Waals surface area contributed by atoms with Crippen molar-refractivity contribution < 1.29 is 59.0 Å². The van der Waals surface area contributed by atoms with Gasteiger partial charge in [0, 0.05) is 0 Å². The van der Waals surface area contributed by atoms with Crippen molar-refractivity contribution in [1.82, 2.24) is 5.32 Å². The van der Waals surface area contributed by atoms with Gasteiger partial charge in [-0.25, -0.2) is 4.57 Å². The Hall–Kier alpha value is -0.960. The summed E-state index contributed by atoms with van der Waals surface area (Å²) in [6, 6.07) is -1.23. The van der Waals surface area contributed by atoms with Gasteiger partial charge in [-0.1, -0.05) is 193 Å². The third-order valence-electron chi connectivity index (χ3n) is 11.6. The first-order chi connectivity index (χ1) is 28.3. The molecule has 0 bridgehead atoms. The third kappa shape index (κ3) is 27.7. The third-order valence-corrected chi connectivity index (χ3v) is 12.6.